The van der Waals surface area contributed by atoms with E-state index in [4.69, 9.17) is 14.2 Å². The third-order valence-electron chi connectivity index (χ3n) is 5.27. The zero-order chi connectivity index (χ0) is 16.4. The molecule has 2 fully saturated rings. The smallest absolute Gasteiger partial charge is 0.310 e. The highest BCUT2D eigenvalue weighted by molar-refractivity contribution is 5.97. The van der Waals surface area contributed by atoms with Crippen LogP contribution in [0.4, 0.5) is 0 Å². The van der Waals surface area contributed by atoms with Crippen LogP contribution in [0.2, 0.25) is 0 Å². The van der Waals surface area contributed by atoms with Crippen molar-refractivity contribution in [2.75, 3.05) is 6.79 Å². The van der Waals surface area contributed by atoms with Gasteiger partial charge < -0.3 is 19.3 Å². The number of benzene rings is 1. The average Bonchev–Trinajstić information content (AvgIpc) is 3.32. The van der Waals surface area contributed by atoms with Crippen LogP contribution < -0.4 is 9.47 Å². The van der Waals surface area contributed by atoms with Crippen LogP contribution in [-0.2, 0) is 9.53 Å². The van der Waals surface area contributed by atoms with Crippen molar-refractivity contribution in [1.82, 2.24) is 4.57 Å². The lowest BCUT2D eigenvalue weighted by atomic mass is 9.78. The van der Waals surface area contributed by atoms with Crippen molar-refractivity contribution in [3.63, 3.8) is 0 Å². The Balaban J connectivity index is 1.57. The van der Waals surface area contributed by atoms with Crippen LogP contribution in [0.3, 0.4) is 0 Å². The van der Waals surface area contributed by atoms with Crippen molar-refractivity contribution in [3.8, 4) is 11.5 Å². The van der Waals surface area contributed by atoms with Crippen molar-refractivity contribution in [2.45, 2.75) is 25.0 Å². The highest BCUT2D eigenvalue weighted by Gasteiger charge is 2.55. The van der Waals surface area contributed by atoms with Gasteiger partial charge in [-0.05, 0) is 25.0 Å². The summed E-state index contributed by atoms with van der Waals surface area (Å²) >= 11 is 0. The van der Waals surface area contributed by atoms with E-state index >= 15 is 0 Å². The van der Waals surface area contributed by atoms with Gasteiger partial charge >= 0.3 is 5.97 Å². The number of aromatic nitrogens is 1. The fraction of sp³-hybridized carbons (Fsp3) is 0.412. The molecule has 0 radical (unpaired) electrons. The number of ether oxygens (including phenoxy) is 3. The van der Waals surface area contributed by atoms with Gasteiger partial charge in [-0.1, -0.05) is 0 Å². The summed E-state index contributed by atoms with van der Waals surface area (Å²) in [6.45, 7) is 0.164. The number of carboxylic acids is 1. The van der Waals surface area contributed by atoms with E-state index in [1.54, 1.807) is 12.3 Å². The lowest BCUT2D eigenvalue weighted by molar-refractivity contribution is -0.144. The molecule has 7 nitrogen and oxygen atoms in total. The molecule has 0 amide bonds. The highest BCUT2D eigenvalue weighted by Crippen LogP contribution is 2.45. The molecule has 7 heteroatoms. The zero-order valence-corrected chi connectivity index (χ0v) is 12.7. The Morgan fingerprint density at radius 3 is 2.54 bits per heavy atom. The third kappa shape index (κ3) is 1.76. The zero-order valence-electron chi connectivity index (χ0n) is 12.7. The van der Waals surface area contributed by atoms with Gasteiger partial charge in [-0.25, -0.2) is 0 Å². The van der Waals surface area contributed by atoms with E-state index < -0.39 is 17.8 Å². The molecule has 2 saturated heterocycles. The first-order valence-corrected chi connectivity index (χ1v) is 7.96. The van der Waals surface area contributed by atoms with Gasteiger partial charge in [-0.2, -0.15) is 0 Å². The topological polar surface area (TPSA) is 87.0 Å². The molecule has 4 atom stereocenters. The summed E-state index contributed by atoms with van der Waals surface area (Å²) in [7, 11) is 0. The number of aliphatic carboxylic acids is 1. The number of rotatable bonds is 2. The van der Waals surface area contributed by atoms with Crippen molar-refractivity contribution < 1.29 is 28.9 Å². The Labute approximate surface area is 136 Å². The lowest BCUT2D eigenvalue weighted by Crippen LogP contribution is -2.40. The van der Waals surface area contributed by atoms with E-state index in [1.807, 2.05) is 12.1 Å². The first-order chi connectivity index (χ1) is 11.6. The molecule has 2 bridgehead atoms. The molecule has 1 aromatic carbocycles. The number of hydrogen-bond donors (Lipinski definition) is 1. The second-order valence-electron chi connectivity index (χ2n) is 6.47. The summed E-state index contributed by atoms with van der Waals surface area (Å²) in [6, 6.07) is 5.41. The molecule has 1 N–H and O–H groups in total. The minimum Gasteiger partial charge on any atom is -0.481 e. The third-order valence-corrected chi connectivity index (χ3v) is 5.27. The van der Waals surface area contributed by atoms with Crippen LogP contribution in [0.25, 0.3) is 10.9 Å². The molecule has 0 spiro atoms. The normalized spacial score (nSPS) is 30.2. The number of fused-ring (bicyclic) bond motifs is 4. The predicted octanol–water partition coefficient (Wildman–Crippen LogP) is 1.89. The summed E-state index contributed by atoms with van der Waals surface area (Å²) in [5, 5.41) is 10.4. The maximum Gasteiger partial charge on any atom is 0.310 e. The maximum atomic E-state index is 13.1. The molecule has 1 aromatic heterocycles. The van der Waals surface area contributed by atoms with Crippen LogP contribution in [0.1, 0.15) is 17.6 Å². The summed E-state index contributed by atoms with van der Waals surface area (Å²) in [5.41, 5.74) is 0.691. The van der Waals surface area contributed by atoms with E-state index in [0.717, 1.165) is 11.8 Å². The second kappa shape index (κ2) is 4.73. The van der Waals surface area contributed by atoms with Gasteiger partial charge in [0.1, 0.15) is 0 Å². The first kappa shape index (κ1) is 13.9. The average molecular weight is 329 g/mol. The molecule has 3 aliphatic heterocycles. The van der Waals surface area contributed by atoms with Gasteiger partial charge in [0.15, 0.2) is 11.5 Å². The molecule has 4 heterocycles. The quantitative estimate of drug-likeness (QED) is 0.905. The highest BCUT2D eigenvalue weighted by atomic mass is 16.7. The van der Waals surface area contributed by atoms with Crippen LogP contribution in [0, 0.1) is 11.8 Å². The summed E-state index contributed by atoms with van der Waals surface area (Å²) < 4.78 is 18.0. The summed E-state index contributed by atoms with van der Waals surface area (Å²) in [6.07, 6.45) is 2.44. The van der Waals surface area contributed by atoms with Crippen molar-refractivity contribution in [2.24, 2.45) is 11.8 Å². The number of nitrogens with zero attached hydrogens (tertiary/aromatic N) is 1. The van der Waals surface area contributed by atoms with E-state index in [1.165, 1.54) is 4.57 Å². The summed E-state index contributed by atoms with van der Waals surface area (Å²) in [4.78, 5) is 24.7. The number of hydrogen-bond acceptors (Lipinski definition) is 5. The van der Waals surface area contributed by atoms with Gasteiger partial charge in [0, 0.05) is 17.6 Å². The van der Waals surface area contributed by atoms with Crippen LogP contribution in [-0.4, -0.2) is 40.6 Å². The van der Waals surface area contributed by atoms with E-state index in [2.05, 4.69) is 0 Å². The summed E-state index contributed by atoms with van der Waals surface area (Å²) in [5.74, 6) is -1.38. The monoisotopic (exact) mass is 329 g/mol. The van der Waals surface area contributed by atoms with E-state index in [9.17, 15) is 14.7 Å². The Kier molecular flexibility index (Phi) is 2.73. The second-order valence-corrected chi connectivity index (χ2v) is 6.47. The number of carboxylic acid groups (broad SMARTS) is 1. The van der Waals surface area contributed by atoms with Crippen molar-refractivity contribution >= 4 is 22.8 Å². The fourth-order valence-corrected chi connectivity index (χ4v) is 4.18. The number of carbonyl (C=O) groups is 2. The largest absolute Gasteiger partial charge is 0.481 e. The van der Waals surface area contributed by atoms with Gasteiger partial charge in [0.05, 0.1) is 29.6 Å². The van der Waals surface area contributed by atoms with Crippen molar-refractivity contribution in [3.05, 3.63) is 24.4 Å². The molecular formula is C17H15NO6. The predicted molar refractivity (Wildman–Crippen MR) is 81.2 cm³/mol. The molecular weight excluding hydrogens is 314 g/mol. The number of carbonyl (C=O) groups excluding carboxylic acids is 1. The molecule has 0 unspecified atom stereocenters. The molecule has 0 aliphatic carbocycles. The maximum absolute atomic E-state index is 13.1. The minimum absolute atomic E-state index is 0.164. The molecule has 5 rings (SSSR count). The van der Waals surface area contributed by atoms with Crippen molar-refractivity contribution in [1.29, 1.82) is 0 Å². The standard InChI is InChI=1S/C17H15NO6/c19-16(14-10-1-2-11(24-10)15(14)17(20)21)18-4-3-8-5-12-13(6-9(8)18)23-7-22-12/h3-6,10-11,14-15H,1-2,7H2,(H,20,21)/t10-,11+,14-,15+/m1/s1. The molecule has 3 aliphatic rings. The molecule has 0 saturated carbocycles. The van der Waals surface area contributed by atoms with Gasteiger partial charge in [0.2, 0.25) is 12.7 Å². The van der Waals surface area contributed by atoms with Gasteiger partial charge in [-0.15, -0.1) is 0 Å². The fourth-order valence-electron chi connectivity index (χ4n) is 4.18. The van der Waals surface area contributed by atoms with E-state index in [-0.39, 0.29) is 24.9 Å². The Morgan fingerprint density at radius 1 is 1.08 bits per heavy atom. The Hall–Kier alpha value is -2.54. The van der Waals surface area contributed by atoms with Gasteiger partial charge in [0.25, 0.3) is 0 Å². The SMILES string of the molecule is O=C(O)[C@@H]1[C@H](C(=O)n2ccc3cc4c(cc32)OCO4)[C@H]2CC[C@@H]1O2. The van der Waals surface area contributed by atoms with Crippen LogP contribution in [0.15, 0.2) is 24.4 Å². The van der Waals surface area contributed by atoms with E-state index in [0.29, 0.717) is 23.4 Å². The lowest BCUT2D eigenvalue weighted by Gasteiger charge is -2.24. The minimum atomic E-state index is -0.963. The molecule has 24 heavy (non-hydrogen) atoms. The first-order valence-electron chi connectivity index (χ1n) is 7.96. The Bertz CT molecular complexity index is 871. The van der Waals surface area contributed by atoms with Crippen LogP contribution >= 0.6 is 0 Å². The van der Waals surface area contributed by atoms with Crippen LogP contribution in [0.5, 0.6) is 11.5 Å². The Morgan fingerprint density at radius 2 is 1.79 bits per heavy atom. The molecule has 124 valence electrons. The van der Waals surface area contributed by atoms with Gasteiger partial charge in [-0.3, -0.25) is 14.2 Å². The molecule has 2 aromatic rings.